The summed E-state index contributed by atoms with van der Waals surface area (Å²) in [5, 5.41) is 5.14. The van der Waals surface area contributed by atoms with E-state index in [0.717, 1.165) is 32.6 Å². The number of nitrogens with one attached hydrogen (secondary N) is 1. The minimum Gasteiger partial charge on any atom is -0.313 e. The van der Waals surface area contributed by atoms with Crippen LogP contribution in [0.2, 0.25) is 5.02 Å². The molecule has 2 aromatic carbocycles. The molecule has 0 spiro atoms. The smallest absolute Gasteiger partial charge is 0.0708 e. The molecule has 1 N–H and O–H groups in total. The van der Waals surface area contributed by atoms with Crippen molar-refractivity contribution in [2.45, 2.75) is 13.0 Å². The Hall–Kier alpha value is -1.90. The van der Waals surface area contributed by atoms with E-state index in [4.69, 9.17) is 11.6 Å². The number of fused-ring (bicyclic) bond motifs is 1. The van der Waals surface area contributed by atoms with Gasteiger partial charge in [-0.05, 0) is 48.9 Å². The van der Waals surface area contributed by atoms with E-state index < -0.39 is 0 Å². The summed E-state index contributed by atoms with van der Waals surface area (Å²) in [5.74, 6) is 0. The Bertz CT molecular complexity index is 783. The number of benzene rings is 2. The van der Waals surface area contributed by atoms with Crippen LogP contribution in [0.3, 0.4) is 0 Å². The number of aromatic nitrogens is 1. The van der Waals surface area contributed by atoms with Gasteiger partial charge in [0.1, 0.15) is 0 Å². The normalized spacial score (nSPS) is 12.5. The molecule has 3 heteroatoms. The second-order valence-corrected chi connectivity index (χ2v) is 5.56. The van der Waals surface area contributed by atoms with Gasteiger partial charge in [0.25, 0.3) is 0 Å². The van der Waals surface area contributed by atoms with E-state index >= 15 is 0 Å². The summed E-state index contributed by atoms with van der Waals surface area (Å²) < 4.78 is 0. The first-order valence-electron chi connectivity index (χ1n) is 7.01. The van der Waals surface area contributed by atoms with Gasteiger partial charge in [-0.2, -0.15) is 0 Å². The van der Waals surface area contributed by atoms with Gasteiger partial charge in [-0.1, -0.05) is 41.9 Å². The maximum atomic E-state index is 6.42. The highest BCUT2D eigenvalue weighted by molar-refractivity contribution is 6.31. The first-order chi connectivity index (χ1) is 10.2. The standard InChI is InChI=1S/C18H17ClN2/c1-12(20-2)16-8-7-14(10-17(16)19)15-6-5-13-4-3-9-21-18(13)11-15/h3-12,20H,1-2H3. The minimum absolute atomic E-state index is 0.241. The molecular formula is C18H17ClN2. The van der Waals surface area contributed by atoms with Gasteiger partial charge in [0.05, 0.1) is 5.52 Å². The quantitative estimate of drug-likeness (QED) is 0.748. The number of halogens is 1. The zero-order valence-electron chi connectivity index (χ0n) is 12.1. The van der Waals surface area contributed by atoms with Crippen molar-refractivity contribution in [3.8, 4) is 11.1 Å². The largest absolute Gasteiger partial charge is 0.313 e. The highest BCUT2D eigenvalue weighted by atomic mass is 35.5. The van der Waals surface area contributed by atoms with E-state index in [-0.39, 0.29) is 6.04 Å². The SMILES string of the molecule is CNC(C)c1ccc(-c2ccc3cccnc3c2)cc1Cl. The lowest BCUT2D eigenvalue weighted by Gasteiger charge is -2.14. The molecule has 0 amide bonds. The van der Waals surface area contributed by atoms with E-state index in [2.05, 4.69) is 53.6 Å². The van der Waals surface area contributed by atoms with Crippen LogP contribution in [0.5, 0.6) is 0 Å². The van der Waals surface area contributed by atoms with Crippen LogP contribution in [0.15, 0.2) is 54.7 Å². The summed E-state index contributed by atoms with van der Waals surface area (Å²) in [7, 11) is 1.93. The summed E-state index contributed by atoms with van der Waals surface area (Å²) >= 11 is 6.42. The monoisotopic (exact) mass is 296 g/mol. The van der Waals surface area contributed by atoms with E-state index in [0.29, 0.717) is 0 Å². The Kier molecular flexibility index (Phi) is 3.91. The molecule has 0 saturated carbocycles. The zero-order chi connectivity index (χ0) is 14.8. The molecule has 0 aliphatic carbocycles. The number of hydrogen-bond donors (Lipinski definition) is 1. The van der Waals surface area contributed by atoms with Gasteiger partial charge in [-0.25, -0.2) is 0 Å². The molecule has 106 valence electrons. The molecule has 2 nitrogen and oxygen atoms in total. The van der Waals surface area contributed by atoms with E-state index in [1.54, 1.807) is 0 Å². The van der Waals surface area contributed by atoms with Crippen molar-refractivity contribution in [2.75, 3.05) is 7.05 Å². The summed E-state index contributed by atoms with van der Waals surface area (Å²) in [6.45, 7) is 2.10. The van der Waals surface area contributed by atoms with Gasteiger partial charge in [0.15, 0.2) is 0 Å². The number of pyridine rings is 1. The van der Waals surface area contributed by atoms with Crippen molar-refractivity contribution in [3.05, 3.63) is 65.3 Å². The lowest BCUT2D eigenvalue weighted by atomic mass is 10.00. The van der Waals surface area contributed by atoms with Gasteiger partial charge in [-0.15, -0.1) is 0 Å². The van der Waals surface area contributed by atoms with Gasteiger partial charge in [-0.3, -0.25) is 4.98 Å². The Morgan fingerprint density at radius 3 is 2.57 bits per heavy atom. The number of nitrogens with zero attached hydrogens (tertiary/aromatic N) is 1. The summed E-state index contributed by atoms with van der Waals surface area (Å²) in [5.41, 5.74) is 4.35. The van der Waals surface area contributed by atoms with Gasteiger partial charge in [0, 0.05) is 22.6 Å². The van der Waals surface area contributed by atoms with Crippen LogP contribution in [0.4, 0.5) is 0 Å². The molecule has 1 heterocycles. The van der Waals surface area contributed by atoms with Crippen molar-refractivity contribution < 1.29 is 0 Å². The average molecular weight is 297 g/mol. The Labute approximate surface area is 129 Å². The van der Waals surface area contributed by atoms with E-state index in [1.807, 2.05) is 25.4 Å². The molecule has 1 aromatic heterocycles. The molecule has 3 aromatic rings. The highest BCUT2D eigenvalue weighted by Gasteiger charge is 2.09. The van der Waals surface area contributed by atoms with Crippen LogP contribution < -0.4 is 5.32 Å². The van der Waals surface area contributed by atoms with Crippen molar-refractivity contribution in [3.63, 3.8) is 0 Å². The molecule has 0 fully saturated rings. The fourth-order valence-corrected chi connectivity index (χ4v) is 2.80. The maximum absolute atomic E-state index is 6.42. The van der Waals surface area contributed by atoms with Crippen molar-refractivity contribution in [1.29, 1.82) is 0 Å². The summed E-state index contributed by atoms with van der Waals surface area (Å²) in [6, 6.07) is 16.8. The second kappa shape index (κ2) is 5.84. The first-order valence-corrected chi connectivity index (χ1v) is 7.38. The zero-order valence-corrected chi connectivity index (χ0v) is 12.9. The molecule has 1 atom stereocenters. The van der Waals surface area contributed by atoms with Crippen molar-refractivity contribution >= 4 is 22.5 Å². The Morgan fingerprint density at radius 2 is 1.81 bits per heavy atom. The Morgan fingerprint density at radius 1 is 1.05 bits per heavy atom. The molecule has 0 aliphatic rings. The van der Waals surface area contributed by atoms with Crippen LogP contribution in [0, 0.1) is 0 Å². The molecule has 3 rings (SSSR count). The molecule has 21 heavy (non-hydrogen) atoms. The van der Waals surface area contributed by atoms with Crippen LogP contribution in [-0.4, -0.2) is 12.0 Å². The maximum Gasteiger partial charge on any atom is 0.0708 e. The van der Waals surface area contributed by atoms with Gasteiger partial charge < -0.3 is 5.32 Å². The third-order valence-electron chi connectivity index (χ3n) is 3.84. The van der Waals surface area contributed by atoms with Crippen molar-refractivity contribution in [1.82, 2.24) is 10.3 Å². The van der Waals surface area contributed by atoms with E-state index in [1.165, 1.54) is 0 Å². The fourth-order valence-electron chi connectivity index (χ4n) is 2.46. The Balaban J connectivity index is 2.04. The topological polar surface area (TPSA) is 24.9 Å². The highest BCUT2D eigenvalue weighted by Crippen LogP contribution is 2.30. The molecule has 0 bridgehead atoms. The summed E-state index contributed by atoms with van der Waals surface area (Å²) in [4.78, 5) is 4.41. The van der Waals surface area contributed by atoms with Gasteiger partial charge >= 0.3 is 0 Å². The predicted octanol–water partition coefficient (Wildman–Crippen LogP) is 4.84. The summed E-state index contributed by atoms with van der Waals surface area (Å²) in [6.07, 6.45) is 1.82. The lowest BCUT2D eigenvalue weighted by molar-refractivity contribution is 0.652. The first kappa shape index (κ1) is 14.1. The number of hydrogen-bond acceptors (Lipinski definition) is 2. The van der Waals surface area contributed by atoms with E-state index in [9.17, 15) is 0 Å². The third-order valence-corrected chi connectivity index (χ3v) is 4.17. The lowest BCUT2D eigenvalue weighted by Crippen LogP contribution is -2.12. The molecule has 0 saturated heterocycles. The molecular weight excluding hydrogens is 280 g/mol. The second-order valence-electron chi connectivity index (χ2n) is 5.16. The number of rotatable bonds is 3. The minimum atomic E-state index is 0.241. The van der Waals surface area contributed by atoms with Gasteiger partial charge in [0.2, 0.25) is 0 Å². The van der Waals surface area contributed by atoms with Crippen LogP contribution in [0.1, 0.15) is 18.5 Å². The van der Waals surface area contributed by atoms with Crippen LogP contribution >= 0.6 is 11.6 Å². The third kappa shape index (κ3) is 2.78. The molecule has 0 radical (unpaired) electrons. The van der Waals surface area contributed by atoms with Crippen molar-refractivity contribution in [2.24, 2.45) is 0 Å². The average Bonchev–Trinajstić information content (AvgIpc) is 2.53. The fraction of sp³-hybridized carbons (Fsp3) is 0.167. The predicted molar refractivity (Wildman–Crippen MR) is 89.7 cm³/mol. The van der Waals surface area contributed by atoms with Crippen LogP contribution in [0.25, 0.3) is 22.0 Å². The van der Waals surface area contributed by atoms with Crippen LogP contribution in [-0.2, 0) is 0 Å². The molecule has 1 unspecified atom stereocenters. The molecule has 0 aliphatic heterocycles.